The van der Waals surface area contributed by atoms with Crippen LogP contribution in [0.25, 0.3) is 0 Å². The van der Waals surface area contributed by atoms with Crippen LogP contribution in [0, 0.1) is 5.41 Å². The van der Waals surface area contributed by atoms with Crippen molar-refractivity contribution < 1.29 is 0 Å². The summed E-state index contributed by atoms with van der Waals surface area (Å²) in [6, 6.07) is 4.94. The molecule has 1 aliphatic rings. The average molecular weight is 274 g/mol. The number of aryl methyl sites for hydroxylation is 1. The zero-order chi connectivity index (χ0) is 14.6. The smallest absolute Gasteiger partial charge is 0.0466 e. The van der Waals surface area contributed by atoms with Crippen molar-refractivity contribution in [1.82, 2.24) is 10.3 Å². The molecule has 2 nitrogen and oxygen atoms in total. The Hall–Kier alpha value is -0.890. The normalized spacial score (nSPS) is 20.5. The standard InChI is InChI=1S/C18H30N2/c1-5-19-16(18(2,3)4)12-11-15-9-6-8-14-10-7-13-20-17(14)15/h7,10,13,15-16,19H,5-6,8-9,11-12H2,1-4H3. The lowest BCUT2D eigenvalue weighted by atomic mass is 9.79. The van der Waals surface area contributed by atoms with Gasteiger partial charge in [-0.1, -0.05) is 33.8 Å². The minimum absolute atomic E-state index is 0.331. The first-order valence-corrected chi connectivity index (χ1v) is 8.19. The van der Waals surface area contributed by atoms with E-state index in [0.717, 1.165) is 6.54 Å². The Kier molecular flexibility index (Phi) is 5.20. The lowest BCUT2D eigenvalue weighted by molar-refractivity contribution is 0.247. The average Bonchev–Trinajstić information content (AvgIpc) is 2.42. The van der Waals surface area contributed by atoms with Crippen molar-refractivity contribution in [3.8, 4) is 0 Å². The van der Waals surface area contributed by atoms with E-state index < -0.39 is 0 Å². The number of pyridine rings is 1. The SMILES string of the molecule is CCNC(CCC1CCCc2cccnc21)C(C)(C)C. The van der Waals surface area contributed by atoms with Gasteiger partial charge >= 0.3 is 0 Å². The van der Waals surface area contributed by atoms with Crippen LogP contribution >= 0.6 is 0 Å². The van der Waals surface area contributed by atoms with Gasteiger partial charge in [-0.3, -0.25) is 4.98 Å². The molecule has 1 aliphatic carbocycles. The molecular weight excluding hydrogens is 244 g/mol. The van der Waals surface area contributed by atoms with Crippen LogP contribution in [0.4, 0.5) is 0 Å². The molecule has 0 fully saturated rings. The molecule has 0 aromatic carbocycles. The number of rotatable bonds is 5. The fourth-order valence-corrected chi connectivity index (χ4v) is 3.44. The molecule has 0 saturated heterocycles. The maximum absolute atomic E-state index is 4.67. The Labute approximate surface area is 124 Å². The van der Waals surface area contributed by atoms with Gasteiger partial charge in [0.15, 0.2) is 0 Å². The lowest BCUT2D eigenvalue weighted by Crippen LogP contribution is -2.40. The maximum atomic E-state index is 4.67. The van der Waals surface area contributed by atoms with E-state index >= 15 is 0 Å². The van der Waals surface area contributed by atoms with Gasteiger partial charge in [0.1, 0.15) is 0 Å². The Morgan fingerprint density at radius 2 is 2.20 bits per heavy atom. The Balaban J connectivity index is 2.00. The van der Waals surface area contributed by atoms with E-state index in [4.69, 9.17) is 0 Å². The second kappa shape index (κ2) is 6.71. The third-order valence-corrected chi connectivity index (χ3v) is 4.61. The summed E-state index contributed by atoms with van der Waals surface area (Å²) in [6.07, 6.45) is 8.33. The van der Waals surface area contributed by atoms with Crippen LogP contribution in [0.5, 0.6) is 0 Å². The first kappa shape index (κ1) is 15.5. The van der Waals surface area contributed by atoms with Gasteiger partial charge in [-0.25, -0.2) is 0 Å². The molecule has 112 valence electrons. The fourth-order valence-electron chi connectivity index (χ4n) is 3.44. The predicted octanol–water partition coefficient (Wildman–Crippen LogP) is 4.31. The first-order valence-electron chi connectivity index (χ1n) is 8.19. The van der Waals surface area contributed by atoms with Crippen molar-refractivity contribution in [2.75, 3.05) is 6.54 Å². The fraction of sp³-hybridized carbons (Fsp3) is 0.722. The van der Waals surface area contributed by atoms with E-state index in [1.54, 1.807) is 0 Å². The van der Waals surface area contributed by atoms with Gasteiger partial charge in [0.2, 0.25) is 0 Å². The maximum Gasteiger partial charge on any atom is 0.0466 e. The van der Waals surface area contributed by atoms with Gasteiger partial charge < -0.3 is 5.32 Å². The minimum Gasteiger partial charge on any atom is -0.314 e. The van der Waals surface area contributed by atoms with E-state index in [1.165, 1.54) is 43.4 Å². The summed E-state index contributed by atoms with van der Waals surface area (Å²) in [5.41, 5.74) is 3.19. The molecule has 0 saturated carbocycles. The van der Waals surface area contributed by atoms with Crippen molar-refractivity contribution in [3.63, 3.8) is 0 Å². The van der Waals surface area contributed by atoms with Crippen LogP contribution in [0.3, 0.4) is 0 Å². The third kappa shape index (κ3) is 3.82. The number of nitrogens with one attached hydrogen (secondary N) is 1. The highest BCUT2D eigenvalue weighted by Crippen LogP contribution is 2.35. The highest BCUT2D eigenvalue weighted by Gasteiger charge is 2.27. The van der Waals surface area contributed by atoms with Crippen LogP contribution in [0.1, 0.15) is 70.6 Å². The summed E-state index contributed by atoms with van der Waals surface area (Å²) in [5, 5.41) is 3.67. The van der Waals surface area contributed by atoms with Crippen LogP contribution in [-0.4, -0.2) is 17.6 Å². The van der Waals surface area contributed by atoms with Gasteiger partial charge in [-0.15, -0.1) is 0 Å². The lowest BCUT2D eigenvalue weighted by Gasteiger charge is -2.33. The highest BCUT2D eigenvalue weighted by molar-refractivity contribution is 5.25. The van der Waals surface area contributed by atoms with Crippen molar-refractivity contribution in [1.29, 1.82) is 0 Å². The number of hydrogen-bond acceptors (Lipinski definition) is 2. The minimum atomic E-state index is 0.331. The molecule has 1 aromatic heterocycles. The molecule has 2 atom stereocenters. The van der Waals surface area contributed by atoms with Crippen LogP contribution in [-0.2, 0) is 6.42 Å². The van der Waals surface area contributed by atoms with Crippen molar-refractivity contribution >= 4 is 0 Å². The highest BCUT2D eigenvalue weighted by atomic mass is 14.9. The van der Waals surface area contributed by atoms with E-state index in [-0.39, 0.29) is 0 Å². The van der Waals surface area contributed by atoms with Gasteiger partial charge in [0, 0.05) is 23.9 Å². The number of hydrogen-bond donors (Lipinski definition) is 1. The monoisotopic (exact) mass is 274 g/mol. The summed E-state index contributed by atoms with van der Waals surface area (Å²) < 4.78 is 0. The first-order chi connectivity index (χ1) is 9.52. The molecular formula is C18H30N2. The number of fused-ring (bicyclic) bond motifs is 1. The molecule has 1 heterocycles. The molecule has 20 heavy (non-hydrogen) atoms. The quantitative estimate of drug-likeness (QED) is 0.865. The van der Waals surface area contributed by atoms with E-state index in [0.29, 0.717) is 17.4 Å². The third-order valence-electron chi connectivity index (χ3n) is 4.61. The molecule has 2 rings (SSSR count). The molecule has 1 N–H and O–H groups in total. The Morgan fingerprint density at radius 3 is 2.90 bits per heavy atom. The largest absolute Gasteiger partial charge is 0.314 e. The van der Waals surface area contributed by atoms with E-state index in [9.17, 15) is 0 Å². The summed E-state index contributed by atoms with van der Waals surface area (Å²) >= 11 is 0. The van der Waals surface area contributed by atoms with Crippen molar-refractivity contribution in [2.24, 2.45) is 5.41 Å². The zero-order valence-corrected chi connectivity index (χ0v) is 13.6. The van der Waals surface area contributed by atoms with Gasteiger partial charge in [-0.2, -0.15) is 0 Å². The molecule has 2 heteroatoms. The van der Waals surface area contributed by atoms with Crippen LogP contribution < -0.4 is 5.32 Å². The molecule has 0 spiro atoms. The molecule has 1 aromatic rings. The van der Waals surface area contributed by atoms with Gasteiger partial charge in [-0.05, 0) is 55.7 Å². The Morgan fingerprint density at radius 1 is 1.40 bits per heavy atom. The second-order valence-electron chi connectivity index (χ2n) is 7.19. The Bertz CT molecular complexity index is 420. The summed E-state index contributed by atoms with van der Waals surface area (Å²) in [4.78, 5) is 4.67. The van der Waals surface area contributed by atoms with Crippen molar-refractivity contribution in [2.45, 2.75) is 71.8 Å². The van der Waals surface area contributed by atoms with Gasteiger partial charge in [0.25, 0.3) is 0 Å². The summed E-state index contributed by atoms with van der Waals surface area (Å²) in [6.45, 7) is 10.3. The zero-order valence-electron chi connectivity index (χ0n) is 13.6. The van der Waals surface area contributed by atoms with E-state index in [2.05, 4.69) is 50.1 Å². The summed E-state index contributed by atoms with van der Waals surface area (Å²) in [5.74, 6) is 0.670. The van der Waals surface area contributed by atoms with E-state index in [1.807, 2.05) is 6.20 Å². The number of aromatic nitrogens is 1. The van der Waals surface area contributed by atoms with Crippen LogP contribution in [0.15, 0.2) is 18.3 Å². The second-order valence-corrected chi connectivity index (χ2v) is 7.19. The molecule has 0 radical (unpaired) electrons. The molecule has 0 aliphatic heterocycles. The van der Waals surface area contributed by atoms with Gasteiger partial charge in [0.05, 0.1) is 0 Å². The topological polar surface area (TPSA) is 24.9 Å². The number of nitrogens with zero attached hydrogens (tertiary/aromatic N) is 1. The van der Waals surface area contributed by atoms with Crippen LogP contribution in [0.2, 0.25) is 0 Å². The molecule has 2 unspecified atom stereocenters. The summed E-state index contributed by atoms with van der Waals surface area (Å²) in [7, 11) is 0. The molecule has 0 amide bonds. The van der Waals surface area contributed by atoms with Crippen molar-refractivity contribution in [3.05, 3.63) is 29.6 Å². The predicted molar refractivity (Wildman–Crippen MR) is 86.1 cm³/mol. The molecule has 0 bridgehead atoms.